The fourth-order valence-electron chi connectivity index (χ4n) is 2.15. The molecule has 3 rings (SSSR count). The zero-order valence-electron chi connectivity index (χ0n) is 11.1. The maximum Gasteiger partial charge on any atom is 0.200 e. The van der Waals surface area contributed by atoms with Crippen molar-refractivity contribution in [1.29, 1.82) is 0 Å². The summed E-state index contributed by atoms with van der Waals surface area (Å²) in [7, 11) is 0. The fourth-order valence-corrected chi connectivity index (χ4v) is 3.27. The Labute approximate surface area is 122 Å². The average molecular weight is 282 g/mol. The van der Waals surface area contributed by atoms with Gasteiger partial charge < -0.3 is 4.74 Å². The van der Waals surface area contributed by atoms with Crippen molar-refractivity contribution in [3.8, 4) is 5.75 Å². The van der Waals surface area contributed by atoms with E-state index in [4.69, 9.17) is 4.74 Å². The fraction of sp³-hybridized carbons (Fsp3) is 0.118. The van der Waals surface area contributed by atoms with Crippen molar-refractivity contribution in [3.05, 3.63) is 64.6 Å². The van der Waals surface area contributed by atoms with Gasteiger partial charge in [-0.05, 0) is 30.7 Å². The largest absolute Gasteiger partial charge is 0.493 e. The number of fused-ring (bicyclic) bond motifs is 1. The van der Waals surface area contributed by atoms with E-state index in [-0.39, 0.29) is 5.78 Å². The first-order valence-electron chi connectivity index (χ1n) is 6.54. The molecular formula is C17H14O2S. The average Bonchev–Trinajstić information content (AvgIpc) is 2.79. The SMILES string of the molecule is CCOc1cccc2c1SC(=Cc1ccccc1)C2=O. The third kappa shape index (κ3) is 2.37. The minimum absolute atomic E-state index is 0.0791. The zero-order chi connectivity index (χ0) is 13.9. The van der Waals surface area contributed by atoms with Crippen LogP contribution in [0, 0.1) is 0 Å². The minimum Gasteiger partial charge on any atom is -0.493 e. The van der Waals surface area contributed by atoms with E-state index in [1.54, 1.807) is 0 Å². The predicted octanol–water partition coefficient (Wildman–Crippen LogP) is 4.41. The Balaban J connectivity index is 1.98. The Morgan fingerprint density at radius 2 is 1.90 bits per heavy atom. The topological polar surface area (TPSA) is 26.3 Å². The van der Waals surface area contributed by atoms with Crippen molar-refractivity contribution in [2.45, 2.75) is 11.8 Å². The van der Waals surface area contributed by atoms with Gasteiger partial charge in [0.1, 0.15) is 5.75 Å². The highest BCUT2D eigenvalue weighted by molar-refractivity contribution is 8.05. The molecule has 0 aliphatic carbocycles. The third-order valence-corrected chi connectivity index (χ3v) is 4.20. The van der Waals surface area contributed by atoms with E-state index in [0.717, 1.165) is 26.7 Å². The van der Waals surface area contributed by atoms with Crippen molar-refractivity contribution in [2.24, 2.45) is 0 Å². The summed E-state index contributed by atoms with van der Waals surface area (Å²) in [5, 5.41) is 0. The van der Waals surface area contributed by atoms with Crippen molar-refractivity contribution in [1.82, 2.24) is 0 Å². The lowest BCUT2D eigenvalue weighted by atomic mass is 10.1. The second-order valence-electron chi connectivity index (χ2n) is 4.42. The molecule has 0 spiro atoms. The van der Waals surface area contributed by atoms with Gasteiger partial charge in [0.2, 0.25) is 5.78 Å². The summed E-state index contributed by atoms with van der Waals surface area (Å²) in [5.74, 6) is 0.871. The normalized spacial score (nSPS) is 15.4. The van der Waals surface area contributed by atoms with Crippen LogP contribution in [0.5, 0.6) is 5.75 Å². The van der Waals surface area contributed by atoms with E-state index in [2.05, 4.69) is 0 Å². The molecule has 0 unspecified atom stereocenters. The number of ether oxygens (including phenoxy) is 1. The molecule has 0 atom stereocenters. The number of hydrogen-bond acceptors (Lipinski definition) is 3. The van der Waals surface area contributed by atoms with Crippen LogP contribution in [0.25, 0.3) is 6.08 Å². The van der Waals surface area contributed by atoms with Gasteiger partial charge in [0, 0.05) is 5.56 Å². The van der Waals surface area contributed by atoms with Crippen molar-refractivity contribution < 1.29 is 9.53 Å². The zero-order valence-corrected chi connectivity index (χ0v) is 11.9. The smallest absolute Gasteiger partial charge is 0.200 e. The Bertz CT molecular complexity index is 675. The van der Waals surface area contributed by atoms with Gasteiger partial charge in [-0.15, -0.1) is 0 Å². The number of Topliss-reactive ketones (excluding diaryl/α,β-unsaturated/α-hetero) is 1. The predicted molar refractivity (Wildman–Crippen MR) is 82.2 cm³/mol. The number of carbonyl (C=O) groups excluding carboxylic acids is 1. The van der Waals surface area contributed by atoms with Gasteiger partial charge >= 0.3 is 0 Å². The van der Waals surface area contributed by atoms with E-state index < -0.39 is 0 Å². The van der Waals surface area contributed by atoms with Gasteiger partial charge in [-0.25, -0.2) is 0 Å². The molecule has 0 saturated heterocycles. The first-order chi connectivity index (χ1) is 9.79. The van der Waals surface area contributed by atoms with Crippen LogP contribution in [0.2, 0.25) is 0 Å². The van der Waals surface area contributed by atoms with E-state index >= 15 is 0 Å². The Kier molecular flexibility index (Phi) is 3.61. The highest BCUT2D eigenvalue weighted by Gasteiger charge is 2.28. The number of rotatable bonds is 3. The lowest BCUT2D eigenvalue weighted by Crippen LogP contribution is -1.96. The molecule has 0 aromatic heterocycles. The maximum absolute atomic E-state index is 12.4. The molecule has 100 valence electrons. The van der Waals surface area contributed by atoms with Gasteiger partial charge in [0.05, 0.1) is 16.4 Å². The van der Waals surface area contributed by atoms with Crippen LogP contribution in [-0.4, -0.2) is 12.4 Å². The summed E-state index contributed by atoms with van der Waals surface area (Å²) >= 11 is 1.49. The monoisotopic (exact) mass is 282 g/mol. The first kappa shape index (κ1) is 13.0. The number of hydrogen-bond donors (Lipinski definition) is 0. The van der Waals surface area contributed by atoms with Gasteiger partial charge in [-0.1, -0.05) is 48.2 Å². The van der Waals surface area contributed by atoms with Crippen LogP contribution < -0.4 is 4.74 Å². The number of thioether (sulfide) groups is 1. The quantitative estimate of drug-likeness (QED) is 0.780. The van der Waals surface area contributed by atoms with Crippen LogP contribution in [-0.2, 0) is 0 Å². The molecule has 0 N–H and O–H groups in total. The van der Waals surface area contributed by atoms with Crippen molar-refractivity contribution in [3.63, 3.8) is 0 Å². The molecule has 2 aromatic carbocycles. The third-order valence-electron chi connectivity index (χ3n) is 3.06. The molecule has 1 heterocycles. The Morgan fingerprint density at radius 3 is 2.65 bits per heavy atom. The lowest BCUT2D eigenvalue weighted by molar-refractivity contribution is 0.104. The molecule has 0 radical (unpaired) electrons. The summed E-state index contributed by atoms with van der Waals surface area (Å²) < 4.78 is 5.60. The standard InChI is InChI=1S/C17H14O2S/c1-2-19-14-10-6-9-13-16(18)15(20-17(13)14)11-12-7-4-3-5-8-12/h3-11H,2H2,1H3. The summed E-state index contributed by atoms with van der Waals surface area (Å²) in [6, 6.07) is 15.5. The van der Waals surface area contributed by atoms with Crippen molar-refractivity contribution >= 4 is 23.6 Å². The second-order valence-corrected chi connectivity index (χ2v) is 5.47. The van der Waals surface area contributed by atoms with E-state index in [1.165, 1.54) is 11.8 Å². The highest BCUT2D eigenvalue weighted by Crippen LogP contribution is 2.45. The molecule has 2 nitrogen and oxygen atoms in total. The molecular weight excluding hydrogens is 268 g/mol. The van der Waals surface area contributed by atoms with Crippen LogP contribution in [0.3, 0.4) is 0 Å². The number of carbonyl (C=O) groups is 1. The summed E-state index contributed by atoms with van der Waals surface area (Å²) in [6.07, 6.45) is 1.93. The first-order valence-corrected chi connectivity index (χ1v) is 7.36. The second kappa shape index (κ2) is 5.55. The maximum atomic E-state index is 12.4. The van der Waals surface area contributed by atoms with Gasteiger partial charge in [0.25, 0.3) is 0 Å². The van der Waals surface area contributed by atoms with E-state index in [1.807, 2.05) is 61.5 Å². The number of ketones is 1. The van der Waals surface area contributed by atoms with Crippen LogP contribution >= 0.6 is 11.8 Å². The molecule has 0 fully saturated rings. The molecule has 0 bridgehead atoms. The van der Waals surface area contributed by atoms with Gasteiger partial charge in [-0.2, -0.15) is 0 Å². The lowest BCUT2D eigenvalue weighted by Gasteiger charge is -2.06. The van der Waals surface area contributed by atoms with Crippen LogP contribution in [0.4, 0.5) is 0 Å². The molecule has 20 heavy (non-hydrogen) atoms. The summed E-state index contributed by atoms with van der Waals surface area (Å²) in [4.78, 5) is 14.1. The molecule has 0 amide bonds. The minimum atomic E-state index is 0.0791. The highest BCUT2D eigenvalue weighted by atomic mass is 32.2. The van der Waals surface area contributed by atoms with Gasteiger partial charge in [-0.3, -0.25) is 4.79 Å². The van der Waals surface area contributed by atoms with Gasteiger partial charge in [0.15, 0.2) is 0 Å². The Hall–Kier alpha value is -2.00. The van der Waals surface area contributed by atoms with Crippen molar-refractivity contribution in [2.75, 3.05) is 6.61 Å². The molecule has 0 saturated carbocycles. The van der Waals surface area contributed by atoms with Crippen LogP contribution in [0.1, 0.15) is 22.8 Å². The van der Waals surface area contributed by atoms with E-state index in [9.17, 15) is 4.79 Å². The van der Waals surface area contributed by atoms with E-state index in [0.29, 0.717) is 6.61 Å². The summed E-state index contributed by atoms with van der Waals surface area (Å²) in [5.41, 5.74) is 1.78. The molecule has 1 aliphatic rings. The number of benzene rings is 2. The molecule has 1 aliphatic heterocycles. The molecule has 2 aromatic rings. The van der Waals surface area contributed by atoms with Crippen LogP contribution in [0.15, 0.2) is 58.3 Å². The molecule has 3 heteroatoms. The summed E-state index contributed by atoms with van der Waals surface area (Å²) in [6.45, 7) is 2.55. The Morgan fingerprint density at radius 1 is 1.10 bits per heavy atom. The number of allylic oxidation sites excluding steroid dienone is 1.